The fourth-order valence-corrected chi connectivity index (χ4v) is 6.22. The summed E-state index contributed by atoms with van der Waals surface area (Å²) in [5.74, 6) is 6.26. The highest BCUT2D eigenvalue weighted by Crippen LogP contribution is 2.23. The van der Waals surface area contributed by atoms with Gasteiger partial charge in [0.2, 0.25) is 16.0 Å². The van der Waals surface area contributed by atoms with Gasteiger partial charge in [0.1, 0.15) is 22.3 Å². The highest BCUT2D eigenvalue weighted by atomic mass is 32.2. The second-order valence-corrected chi connectivity index (χ2v) is 12.3. The van der Waals surface area contributed by atoms with Crippen molar-refractivity contribution in [1.29, 1.82) is 4.78 Å². The molecule has 4 N–H and O–H groups in total. The zero-order chi connectivity index (χ0) is 27.2. The Morgan fingerprint density at radius 2 is 2.08 bits per heavy atom. The maximum Gasteiger partial charge on any atom is 0.243 e. The molecule has 200 valence electrons. The van der Waals surface area contributed by atoms with Crippen LogP contribution in [0, 0.1) is 22.4 Å². The molecule has 0 saturated carbocycles. The number of benzene rings is 2. The maximum absolute atomic E-state index is 14.1. The van der Waals surface area contributed by atoms with Gasteiger partial charge in [0.15, 0.2) is 0 Å². The second kappa shape index (κ2) is 11.8. The van der Waals surface area contributed by atoms with Crippen LogP contribution in [0.15, 0.2) is 58.5 Å². The number of nitrogens with zero attached hydrogens (tertiary/aromatic N) is 2. The smallest absolute Gasteiger partial charge is 0.243 e. The Kier molecular flexibility index (Phi) is 8.45. The molecule has 1 unspecified atom stereocenters. The molecule has 2 aromatic carbocycles. The van der Waals surface area contributed by atoms with E-state index < -0.39 is 30.5 Å². The van der Waals surface area contributed by atoms with E-state index >= 15 is 0 Å². The van der Waals surface area contributed by atoms with E-state index in [1.807, 2.05) is 0 Å². The summed E-state index contributed by atoms with van der Waals surface area (Å²) in [4.78, 5) is 8.78. The van der Waals surface area contributed by atoms with E-state index in [2.05, 4.69) is 37.2 Å². The summed E-state index contributed by atoms with van der Waals surface area (Å²) < 4.78 is 67.5. The third kappa shape index (κ3) is 6.77. The summed E-state index contributed by atoms with van der Waals surface area (Å²) in [6, 6.07) is 10.4. The van der Waals surface area contributed by atoms with Gasteiger partial charge in [-0.05, 0) is 43.2 Å². The van der Waals surface area contributed by atoms with Crippen LogP contribution < -0.4 is 20.1 Å². The van der Waals surface area contributed by atoms with Crippen LogP contribution in [0.3, 0.4) is 0 Å². The van der Waals surface area contributed by atoms with Gasteiger partial charge in [-0.1, -0.05) is 17.9 Å². The summed E-state index contributed by atoms with van der Waals surface area (Å²) in [6.07, 6.45) is 2.99. The number of rotatable bonds is 5. The molecule has 1 aliphatic rings. The standard InChI is InChI=1S/C25H27FN6O4S2/c1-36-20-10-11-22(26)23(16-20)38(34,35)30-13-3-2-7-18-17-29-25-31-19-8-6-9-21(15-19)37(27,33)14-5-4-12-28-24(18)32-25/h6,8-11,15-17,27,30H,3-5,12-14H2,1H3,(H2,28,29,31,32). The van der Waals surface area contributed by atoms with Gasteiger partial charge in [0.25, 0.3) is 0 Å². The number of halogens is 1. The number of fused-ring (bicyclic) bond motifs is 4. The van der Waals surface area contributed by atoms with Gasteiger partial charge in [0, 0.05) is 41.9 Å². The summed E-state index contributed by atoms with van der Waals surface area (Å²) in [7, 11) is -5.62. The molecule has 0 spiro atoms. The third-order valence-electron chi connectivity index (χ3n) is 5.60. The van der Waals surface area contributed by atoms with E-state index in [9.17, 15) is 17.0 Å². The Labute approximate surface area is 221 Å². The summed E-state index contributed by atoms with van der Waals surface area (Å²) in [6.45, 7) is 0.502. The molecule has 1 atom stereocenters. The average Bonchev–Trinajstić information content (AvgIpc) is 2.89. The molecular weight excluding hydrogens is 531 g/mol. The Hall–Kier alpha value is -3.73. The largest absolute Gasteiger partial charge is 0.497 e. The lowest BCUT2D eigenvalue weighted by molar-refractivity contribution is 0.411. The molecule has 10 nitrogen and oxygen atoms in total. The van der Waals surface area contributed by atoms with E-state index in [1.165, 1.54) is 13.2 Å². The second-order valence-electron chi connectivity index (χ2n) is 8.37. The van der Waals surface area contributed by atoms with Gasteiger partial charge in [-0.25, -0.2) is 31.5 Å². The van der Waals surface area contributed by atoms with Crippen molar-refractivity contribution < 1.29 is 21.8 Å². The first-order chi connectivity index (χ1) is 18.2. The summed E-state index contributed by atoms with van der Waals surface area (Å²) in [5, 5.41) is 6.29. The van der Waals surface area contributed by atoms with Gasteiger partial charge in [-0.3, -0.25) is 0 Å². The van der Waals surface area contributed by atoms with Gasteiger partial charge >= 0.3 is 0 Å². The lowest BCUT2D eigenvalue weighted by atomic mass is 10.2. The molecule has 0 fully saturated rings. The Bertz CT molecular complexity index is 1600. The topological polar surface area (TPSA) is 146 Å². The lowest BCUT2D eigenvalue weighted by Gasteiger charge is -2.10. The molecule has 13 heteroatoms. The van der Waals surface area contributed by atoms with Crippen LogP contribution in [0.1, 0.15) is 24.8 Å². The first-order valence-electron chi connectivity index (χ1n) is 11.7. The van der Waals surface area contributed by atoms with Gasteiger partial charge < -0.3 is 15.4 Å². The molecular formula is C25H27FN6O4S2. The minimum atomic E-state index is -4.09. The van der Waals surface area contributed by atoms with Crippen LogP contribution in [0.5, 0.6) is 5.75 Å². The molecule has 0 amide bonds. The molecule has 2 heterocycles. The van der Waals surface area contributed by atoms with Crippen molar-refractivity contribution in [3.8, 4) is 17.6 Å². The fourth-order valence-electron chi connectivity index (χ4n) is 3.63. The van der Waals surface area contributed by atoms with Gasteiger partial charge in [-0.15, -0.1) is 0 Å². The Balaban J connectivity index is 1.47. The molecule has 4 bridgehead atoms. The predicted molar refractivity (Wildman–Crippen MR) is 143 cm³/mol. The number of aromatic nitrogens is 2. The first kappa shape index (κ1) is 27.3. The van der Waals surface area contributed by atoms with E-state index in [0.29, 0.717) is 47.3 Å². The maximum atomic E-state index is 14.1. The molecule has 38 heavy (non-hydrogen) atoms. The van der Waals surface area contributed by atoms with Crippen molar-refractivity contribution >= 4 is 37.2 Å². The van der Waals surface area contributed by atoms with Crippen LogP contribution in [0.2, 0.25) is 0 Å². The van der Waals surface area contributed by atoms with Crippen molar-refractivity contribution in [3.05, 3.63) is 60.0 Å². The lowest BCUT2D eigenvalue weighted by Crippen LogP contribution is -2.25. The summed E-state index contributed by atoms with van der Waals surface area (Å²) in [5.41, 5.74) is 1.14. The number of methoxy groups -OCH3 is 1. The average molecular weight is 559 g/mol. The van der Waals surface area contributed by atoms with Crippen molar-refractivity contribution in [2.24, 2.45) is 0 Å². The minimum absolute atomic E-state index is 0.0298. The number of ether oxygens (including phenoxy) is 1. The zero-order valence-corrected chi connectivity index (χ0v) is 22.2. The number of anilines is 3. The molecule has 0 aliphatic carbocycles. The first-order valence-corrected chi connectivity index (χ1v) is 15.0. The van der Waals surface area contributed by atoms with Crippen LogP contribution in [-0.2, 0) is 19.8 Å². The third-order valence-corrected chi connectivity index (χ3v) is 8.96. The van der Waals surface area contributed by atoms with E-state index in [-0.39, 0.29) is 24.5 Å². The molecule has 1 aromatic heterocycles. The Morgan fingerprint density at radius 3 is 2.89 bits per heavy atom. The zero-order valence-electron chi connectivity index (χ0n) is 20.6. The summed E-state index contributed by atoms with van der Waals surface area (Å²) >= 11 is 0. The molecule has 1 aliphatic heterocycles. The predicted octanol–water partition coefficient (Wildman–Crippen LogP) is 3.70. The Morgan fingerprint density at radius 1 is 1.24 bits per heavy atom. The monoisotopic (exact) mass is 558 g/mol. The number of nitrogens with one attached hydrogen (secondary N) is 4. The van der Waals surface area contributed by atoms with Crippen molar-refractivity contribution in [1.82, 2.24) is 14.7 Å². The highest BCUT2D eigenvalue weighted by molar-refractivity contribution is 7.92. The quantitative estimate of drug-likeness (QED) is 0.274. The van der Waals surface area contributed by atoms with Crippen molar-refractivity contribution in [2.75, 3.05) is 36.6 Å². The number of sulfonamides is 1. The SMILES string of the molecule is COc1ccc(F)c(S(=O)(=O)NCCC#Cc2cnc3nc2NCCCCS(=N)(=O)c2cccc(c2)N3)c1. The van der Waals surface area contributed by atoms with E-state index in [0.717, 1.165) is 12.1 Å². The minimum Gasteiger partial charge on any atom is -0.497 e. The van der Waals surface area contributed by atoms with Crippen LogP contribution >= 0.6 is 0 Å². The van der Waals surface area contributed by atoms with Gasteiger partial charge in [0.05, 0.1) is 28.6 Å². The molecule has 0 saturated heterocycles. The van der Waals surface area contributed by atoms with E-state index in [1.54, 1.807) is 30.5 Å². The highest BCUT2D eigenvalue weighted by Gasteiger charge is 2.19. The van der Waals surface area contributed by atoms with E-state index in [4.69, 9.17) is 9.52 Å². The van der Waals surface area contributed by atoms with Crippen LogP contribution in [0.4, 0.5) is 21.8 Å². The normalized spacial score (nSPS) is 17.3. The molecule has 0 radical (unpaired) electrons. The fraction of sp³-hybridized carbons (Fsp3) is 0.280. The van der Waals surface area contributed by atoms with Crippen molar-refractivity contribution in [3.63, 3.8) is 0 Å². The number of hydrogen-bond acceptors (Lipinski definition) is 9. The van der Waals surface area contributed by atoms with Crippen LogP contribution in [-0.4, -0.2) is 48.5 Å². The van der Waals surface area contributed by atoms with Gasteiger partial charge in [-0.2, -0.15) is 4.98 Å². The van der Waals surface area contributed by atoms with Crippen molar-refractivity contribution in [2.45, 2.75) is 29.1 Å². The number of hydrogen-bond donors (Lipinski definition) is 4. The van der Waals surface area contributed by atoms with Crippen LogP contribution in [0.25, 0.3) is 0 Å². The molecule has 3 aromatic rings. The molecule has 4 rings (SSSR count).